The van der Waals surface area contributed by atoms with Crippen LogP contribution in [-0.4, -0.2) is 9.55 Å². The van der Waals surface area contributed by atoms with Gasteiger partial charge in [0.05, 0.1) is 22.6 Å². The topological polar surface area (TPSA) is 17.8 Å². The summed E-state index contributed by atoms with van der Waals surface area (Å²) in [4.78, 5) is 4.29. The van der Waals surface area contributed by atoms with Crippen LogP contribution in [0.15, 0.2) is 30.3 Å². The molecule has 0 bridgehead atoms. The van der Waals surface area contributed by atoms with Crippen molar-refractivity contribution < 1.29 is 13.2 Å². The van der Waals surface area contributed by atoms with Gasteiger partial charge >= 0.3 is 0 Å². The van der Waals surface area contributed by atoms with Crippen molar-refractivity contribution in [3.05, 3.63) is 59.2 Å². The number of rotatable bonds is 2. The van der Waals surface area contributed by atoms with Crippen molar-refractivity contribution in [3.8, 4) is 5.69 Å². The molecule has 3 rings (SSSR count). The molecule has 2 aromatic carbocycles. The van der Waals surface area contributed by atoms with E-state index < -0.39 is 17.5 Å². The summed E-state index contributed by atoms with van der Waals surface area (Å²) in [5, 5.41) is 0. The average Bonchev–Trinajstić information content (AvgIpc) is 2.80. The van der Waals surface area contributed by atoms with E-state index >= 15 is 0 Å². The molecule has 1 heterocycles. The Hall–Kier alpha value is -2.01. The van der Waals surface area contributed by atoms with Gasteiger partial charge < -0.3 is 0 Å². The second-order valence-corrected chi connectivity index (χ2v) is 4.98. The molecule has 0 aliphatic carbocycles. The first-order valence-corrected chi connectivity index (χ1v) is 6.73. The minimum atomic E-state index is -1.25. The number of halogens is 4. The zero-order chi connectivity index (χ0) is 15.1. The summed E-state index contributed by atoms with van der Waals surface area (Å²) in [5.41, 5.74) is 1.86. The molecule has 0 aliphatic heterocycles. The number of fused-ring (bicyclic) bond motifs is 1. The van der Waals surface area contributed by atoms with E-state index in [4.69, 9.17) is 11.6 Å². The average molecular weight is 311 g/mol. The zero-order valence-corrected chi connectivity index (χ0v) is 11.8. The van der Waals surface area contributed by atoms with Gasteiger partial charge in [0, 0.05) is 12.1 Å². The second kappa shape index (κ2) is 5.07. The number of alkyl halides is 1. The molecule has 108 valence electrons. The Labute approximate surface area is 123 Å². The first kappa shape index (κ1) is 13.9. The minimum Gasteiger partial charge on any atom is -0.292 e. The first-order chi connectivity index (χ1) is 10.0. The summed E-state index contributed by atoms with van der Waals surface area (Å²) >= 11 is 5.83. The Kier molecular flexibility index (Phi) is 3.37. The molecule has 0 saturated heterocycles. The molecule has 0 amide bonds. The lowest BCUT2D eigenvalue weighted by atomic mass is 10.2. The highest BCUT2D eigenvalue weighted by Gasteiger charge is 2.18. The first-order valence-electron chi connectivity index (χ1n) is 6.20. The van der Waals surface area contributed by atoms with Gasteiger partial charge in [-0.05, 0) is 24.6 Å². The van der Waals surface area contributed by atoms with Crippen molar-refractivity contribution in [1.29, 1.82) is 0 Å². The predicted octanol–water partition coefficient (Wildman–Crippen LogP) is 4.49. The van der Waals surface area contributed by atoms with E-state index in [1.54, 1.807) is 12.1 Å². The Morgan fingerprint density at radius 3 is 2.62 bits per heavy atom. The number of aryl methyl sites for hydroxylation is 1. The number of imidazole rings is 1. The maximum Gasteiger partial charge on any atom is 0.183 e. The van der Waals surface area contributed by atoms with Crippen molar-refractivity contribution in [2.75, 3.05) is 0 Å². The summed E-state index contributed by atoms with van der Waals surface area (Å²) in [6, 6.07) is 6.76. The maximum atomic E-state index is 14.0. The van der Waals surface area contributed by atoms with Crippen LogP contribution >= 0.6 is 11.6 Å². The van der Waals surface area contributed by atoms with Crippen molar-refractivity contribution in [1.82, 2.24) is 9.55 Å². The van der Waals surface area contributed by atoms with Crippen LogP contribution in [0.4, 0.5) is 13.2 Å². The molecule has 3 aromatic rings. The summed E-state index contributed by atoms with van der Waals surface area (Å²) in [6.45, 7) is 1.89. The number of aromatic nitrogens is 2. The van der Waals surface area contributed by atoms with Crippen LogP contribution in [0.5, 0.6) is 0 Å². The van der Waals surface area contributed by atoms with Gasteiger partial charge in [-0.2, -0.15) is 0 Å². The lowest BCUT2D eigenvalue weighted by Crippen LogP contribution is -2.04. The highest BCUT2D eigenvalue weighted by molar-refractivity contribution is 6.17. The molecule has 21 heavy (non-hydrogen) atoms. The Morgan fingerprint density at radius 2 is 1.90 bits per heavy atom. The molecule has 0 radical (unpaired) electrons. The minimum absolute atomic E-state index is 0.00863. The molecule has 0 aliphatic rings. The van der Waals surface area contributed by atoms with Crippen LogP contribution in [-0.2, 0) is 5.88 Å². The van der Waals surface area contributed by atoms with Crippen molar-refractivity contribution in [3.63, 3.8) is 0 Å². The van der Waals surface area contributed by atoms with Crippen LogP contribution < -0.4 is 0 Å². The largest absolute Gasteiger partial charge is 0.292 e. The van der Waals surface area contributed by atoms with Gasteiger partial charge in [0.1, 0.15) is 11.6 Å². The smallest absolute Gasteiger partial charge is 0.183 e. The number of benzene rings is 2. The van der Waals surface area contributed by atoms with Crippen molar-refractivity contribution in [2.45, 2.75) is 12.8 Å². The second-order valence-electron chi connectivity index (χ2n) is 4.71. The summed E-state index contributed by atoms with van der Waals surface area (Å²) < 4.78 is 42.2. The van der Waals surface area contributed by atoms with Gasteiger partial charge in [0.2, 0.25) is 0 Å². The van der Waals surface area contributed by atoms with E-state index in [1.165, 1.54) is 4.57 Å². The molecule has 1 aromatic heterocycles. The summed E-state index contributed by atoms with van der Waals surface area (Å²) in [7, 11) is 0. The Bertz CT molecular complexity index is 843. The normalized spacial score (nSPS) is 11.3. The van der Waals surface area contributed by atoms with Crippen molar-refractivity contribution in [2.24, 2.45) is 0 Å². The highest BCUT2D eigenvalue weighted by atomic mass is 35.5. The lowest BCUT2D eigenvalue weighted by molar-refractivity contribution is 0.490. The quantitative estimate of drug-likeness (QED) is 0.504. The standard InChI is InChI=1S/C15H10ClF3N2/c1-8-2-3-12-11(4-8)20-14(7-16)21(12)13-6-9(17)5-10(18)15(13)19/h2-6H,7H2,1H3. The van der Waals surface area contributed by atoms with E-state index in [2.05, 4.69) is 4.98 Å². The van der Waals surface area contributed by atoms with Gasteiger partial charge in [-0.15, -0.1) is 11.6 Å². The van der Waals surface area contributed by atoms with Crippen LogP contribution in [0.1, 0.15) is 11.4 Å². The molecule has 2 nitrogen and oxygen atoms in total. The van der Waals surface area contributed by atoms with Crippen LogP contribution in [0.25, 0.3) is 16.7 Å². The molecule has 0 unspecified atom stereocenters. The molecular weight excluding hydrogens is 301 g/mol. The summed E-state index contributed by atoms with van der Waals surface area (Å²) in [5.74, 6) is -2.94. The number of hydrogen-bond donors (Lipinski definition) is 0. The van der Waals surface area contributed by atoms with Gasteiger partial charge in [-0.25, -0.2) is 18.2 Å². The number of hydrogen-bond acceptors (Lipinski definition) is 1. The zero-order valence-electron chi connectivity index (χ0n) is 11.0. The molecule has 0 atom stereocenters. The third-order valence-electron chi connectivity index (χ3n) is 3.21. The van der Waals surface area contributed by atoms with Crippen molar-refractivity contribution >= 4 is 22.6 Å². The van der Waals surface area contributed by atoms with Crippen LogP contribution in [0, 0.1) is 24.4 Å². The van der Waals surface area contributed by atoms with E-state index in [9.17, 15) is 13.2 Å². The molecular formula is C15H10ClF3N2. The van der Waals surface area contributed by atoms with Crippen LogP contribution in [0.3, 0.4) is 0 Å². The fourth-order valence-corrected chi connectivity index (χ4v) is 2.48. The maximum absolute atomic E-state index is 14.0. The molecule has 0 fully saturated rings. The van der Waals surface area contributed by atoms with Gasteiger partial charge in [0.25, 0.3) is 0 Å². The van der Waals surface area contributed by atoms with Gasteiger partial charge in [-0.1, -0.05) is 6.07 Å². The highest BCUT2D eigenvalue weighted by Crippen LogP contribution is 2.27. The predicted molar refractivity (Wildman–Crippen MR) is 75.2 cm³/mol. The SMILES string of the molecule is Cc1ccc2c(c1)nc(CCl)n2-c1cc(F)cc(F)c1F. The van der Waals surface area contributed by atoms with E-state index in [1.807, 2.05) is 13.0 Å². The third-order valence-corrected chi connectivity index (χ3v) is 3.45. The molecule has 0 N–H and O–H groups in total. The van der Waals surface area contributed by atoms with E-state index in [-0.39, 0.29) is 11.6 Å². The van der Waals surface area contributed by atoms with E-state index in [0.717, 1.165) is 11.6 Å². The fourth-order valence-electron chi connectivity index (χ4n) is 2.30. The molecule has 0 saturated carbocycles. The third kappa shape index (κ3) is 2.27. The lowest BCUT2D eigenvalue weighted by Gasteiger charge is -2.10. The summed E-state index contributed by atoms with van der Waals surface area (Å²) in [6.07, 6.45) is 0. The Balaban J connectivity index is 2.39. The van der Waals surface area contributed by atoms with Crippen LogP contribution in [0.2, 0.25) is 0 Å². The molecule has 6 heteroatoms. The number of nitrogens with zero attached hydrogens (tertiary/aromatic N) is 2. The molecule has 0 spiro atoms. The fraction of sp³-hybridized carbons (Fsp3) is 0.133. The Morgan fingerprint density at radius 1 is 1.14 bits per heavy atom. The van der Waals surface area contributed by atoms with Gasteiger partial charge in [-0.3, -0.25) is 4.57 Å². The van der Waals surface area contributed by atoms with E-state index in [0.29, 0.717) is 22.9 Å². The monoisotopic (exact) mass is 310 g/mol. The van der Waals surface area contributed by atoms with Gasteiger partial charge in [0.15, 0.2) is 11.6 Å².